The maximum absolute atomic E-state index is 5.25. The lowest BCUT2D eigenvalue weighted by Gasteiger charge is -1.96. The topological polar surface area (TPSA) is 129 Å². The van der Waals surface area contributed by atoms with E-state index in [2.05, 4.69) is 10.2 Å². The van der Waals surface area contributed by atoms with Crippen molar-refractivity contribution in [2.75, 3.05) is 0 Å². The number of hydrogen-bond donors (Lipinski definition) is 4. The molecule has 0 aromatic carbocycles. The molecule has 0 aliphatic rings. The molecule has 10 heavy (non-hydrogen) atoms. The van der Waals surface area contributed by atoms with E-state index in [9.17, 15) is 0 Å². The third-order valence-electron chi connectivity index (χ3n) is 0.969. The van der Waals surface area contributed by atoms with Gasteiger partial charge in [0.1, 0.15) is 11.7 Å². The lowest BCUT2D eigenvalue weighted by atomic mass is 10.3. The van der Waals surface area contributed by atoms with Crippen LogP contribution < -0.4 is 23.2 Å². The number of hydrazone groups is 2. The van der Waals surface area contributed by atoms with Crippen molar-refractivity contribution in [2.45, 2.75) is 12.8 Å². The van der Waals surface area contributed by atoms with Crippen molar-refractivity contribution >= 4 is 11.7 Å². The minimum atomic E-state index is 0.339. The summed E-state index contributed by atoms with van der Waals surface area (Å²) in [7, 11) is 0. The van der Waals surface area contributed by atoms with Crippen LogP contribution in [-0.4, -0.2) is 11.7 Å². The zero-order valence-electron chi connectivity index (χ0n) is 5.62. The van der Waals surface area contributed by atoms with Gasteiger partial charge in [-0.2, -0.15) is 10.2 Å². The molecule has 6 nitrogen and oxygen atoms in total. The van der Waals surface area contributed by atoms with Crippen LogP contribution in [0.1, 0.15) is 12.8 Å². The van der Waals surface area contributed by atoms with Gasteiger partial charge in [-0.25, -0.2) is 0 Å². The van der Waals surface area contributed by atoms with Gasteiger partial charge in [0.05, 0.1) is 0 Å². The van der Waals surface area contributed by atoms with E-state index in [0.717, 1.165) is 0 Å². The smallest absolute Gasteiger partial charge is 0.119 e. The lowest BCUT2D eigenvalue weighted by molar-refractivity contribution is 1.05. The van der Waals surface area contributed by atoms with Crippen LogP contribution in [0.2, 0.25) is 0 Å². The van der Waals surface area contributed by atoms with Gasteiger partial charge in [0.2, 0.25) is 0 Å². The molecule has 0 atom stereocenters. The van der Waals surface area contributed by atoms with Crippen molar-refractivity contribution in [1.82, 2.24) is 0 Å². The molecule has 0 unspecified atom stereocenters. The van der Waals surface area contributed by atoms with Crippen LogP contribution in [-0.2, 0) is 0 Å². The molecule has 0 saturated heterocycles. The van der Waals surface area contributed by atoms with E-state index in [1.165, 1.54) is 0 Å². The summed E-state index contributed by atoms with van der Waals surface area (Å²) in [5.74, 6) is 10.4. The summed E-state index contributed by atoms with van der Waals surface area (Å²) in [6, 6.07) is 0. The summed E-state index contributed by atoms with van der Waals surface area (Å²) in [4.78, 5) is 0. The second-order valence-electron chi connectivity index (χ2n) is 1.74. The first kappa shape index (κ1) is 8.54. The Morgan fingerprint density at radius 2 is 1.20 bits per heavy atom. The molecular formula is C4H12N6. The number of rotatable bonds is 3. The van der Waals surface area contributed by atoms with Gasteiger partial charge >= 0.3 is 0 Å². The normalized spacial score (nSPS) is 13.6. The molecule has 6 heteroatoms. The fourth-order valence-electron chi connectivity index (χ4n) is 0.385. The highest BCUT2D eigenvalue weighted by molar-refractivity contribution is 5.87. The van der Waals surface area contributed by atoms with Crippen LogP contribution in [0.3, 0.4) is 0 Å². The SMILES string of the molecule is NN=C(N)CCC(N)=NN. The Bertz CT molecular complexity index is 130. The molecule has 0 fully saturated rings. The van der Waals surface area contributed by atoms with Gasteiger partial charge in [-0.3, -0.25) is 0 Å². The van der Waals surface area contributed by atoms with E-state index in [1.54, 1.807) is 0 Å². The first-order valence-electron chi connectivity index (χ1n) is 2.75. The fraction of sp³-hybridized carbons (Fsp3) is 0.500. The van der Waals surface area contributed by atoms with E-state index in [0.29, 0.717) is 24.5 Å². The van der Waals surface area contributed by atoms with Crippen LogP contribution in [0.15, 0.2) is 10.2 Å². The third-order valence-corrected chi connectivity index (χ3v) is 0.969. The van der Waals surface area contributed by atoms with Gasteiger partial charge in [0, 0.05) is 12.8 Å². The zero-order chi connectivity index (χ0) is 7.98. The molecule has 0 bridgehead atoms. The summed E-state index contributed by atoms with van der Waals surface area (Å²) >= 11 is 0. The third kappa shape index (κ3) is 3.53. The number of amidine groups is 2. The van der Waals surface area contributed by atoms with Gasteiger partial charge < -0.3 is 23.2 Å². The monoisotopic (exact) mass is 144 g/mol. The molecule has 0 amide bonds. The first-order chi connectivity index (χ1) is 4.70. The molecule has 0 radical (unpaired) electrons. The van der Waals surface area contributed by atoms with Gasteiger partial charge in [-0.1, -0.05) is 0 Å². The van der Waals surface area contributed by atoms with Crippen molar-refractivity contribution in [1.29, 1.82) is 0 Å². The number of nitrogens with zero attached hydrogens (tertiary/aromatic N) is 2. The van der Waals surface area contributed by atoms with Crippen LogP contribution in [0.25, 0.3) is 0 Å². The Kier molecular flexibility index (Phi) is 3.78. The molecular weight excluding hydrogens is 132 g/mol. The van der Waals surface area contributed by atoms with E-state index >= 15 is 0 Å². The fourth-order valence-corrected chi connectivity index (χ4v) is 0.385. The molecule has 0 aliphatic carbocycles. The minimum absolute atomic E-state index is 0.339. The molecule has 0 heterocycles. The Balaban J connectivity index is 3.56. The van der Waals surface area contributed by atoms with Crippen molar-refractivity contribution in [2.24, 2.45) is 33.4 Å². The largest absolute Gasteiger partial charge is 0.386 e. The summed E-state index contributed by atoms with van der Waals surface area (Å²) in [6.45, 7) is 0. The van der Waals surface area contributed by atoms with Crippen LogP contribution in [0.4, 0.5) is 0 Å². The number of nitrogens with two attached hydrogens (primary N) is 4. The maximum atomic E-state index is 5.25. The van der Waals surface area contributed by atoms with Crippen molar-refractivity contribution in [3.8, 4) is 0 Å². The van der Waals surface area contributed by atoms with Gasteiger partial charge in [-0.05, 0) is 0 Å². The molecule has 0 aliphatic heterocycles. The van der Waals surface area contributed by atoms with E-state index in [-0.39, 0.29) is 0 Å². The highest BCUT2D eigenvalue weighted by atomic mass is 15.2. The second kappa shape index (κ2) is 4.42. The predicted molar refractivity (Wildman–Crippen MR) is 40.9 cm³/mol. The molecule has 0 aromatic rings. The van der Waals surface area contributed by atoms with E-state index in [4.69, 9.17) is 23.2 Å². The second-order valence-corrected chi connectivity index (χ2v) is 1.74. The maximum Gasteiger partial charge on any atom is 0.119 e. The highest BCUT2D eigenvalue weighted by Crippen LogP contribution is 1.86. The minimum Gasteiger partial charge on any atom is -0.386 e. The summed E-state index contributed by atoms with van der Waals surface area (Å²) in [6.07, 6.45) is 0.978. The Hall–Kier alpha value is -1.46. The van der Waals surface area contributed by atoms with E-state index < -0.39 is 0 Å². The number of hydrogen-bond acceptors (Lipinski definition) is 4. The van der Waals surface area contributed by atoms with Crippen molar-refractivity contribution < 1.29 is 0 Å². The quantitative estimate of drug-likeness (QED) is 0.161. The predicted octanol–water partition coefficient (Wildman–Crippen LogP) is -1.77. The summed E-state index contributed by atoms with van der Waals surface area (Å²) in [5.41, 5.74) is 10.5. The average Bonchev–Trinajstić information content (AvgIpc) is 1.99. The highest BCUT2D eigenvalue weighted by Gasteiger charge is 1.94. The Morgan fingerprint density at radius 1 is 0.900 bits per heavy atom. The first-order valence-corrected chi connectivity index (χ1v) is 2.75. The molecule has 8 N–H and O–H groups in total. The molecule has 0 aromatic heterocycles. The molecule has 0 spiro atoms. The summed E-state index contributed by atoms with van der Waals surface area (Å²) < 4.78 is 0. The van der Waals surface area contributed by atoms with E-state index in [1.807, 2.05) is 0 Å². The van der Waals surface area contributed by atoms with Crippen LogP contribution >= 0.6 is 0 Å². The van der Waals surface area contributed by atoms with Crippen LogP contribution in [0.5, 0.6) is 0 Å². The van der Waals surface area contributed by atoms with Gasteiger partial charge in [-0.15, -0.1) is 0 Å². The van der Waals surface area contributed by atoms with Crippen LogP contribution in [0, 0.1) is 0 Å². The average molecular weight is 144 g/mol. The molecule has 0 saturated carbocycles. The van der Waals surface area contributed by atoms with Crippen molar-refractivity contribution in [3.63, 3.8) is 0 Å². The van der Waals surface area contributed by atoms with Crippen molar-refractivity contribution in [3.05, 3.63) is 0 Å². The Labute approximate surface area is 58.9 Å². The lowest BCUT2D eigenvalue weighted by Crippen LogP contribution is -2.20. The Morgan fingerprint density at radius 3 is 1.40 bits per heavy atom. The summed E-state index contributed by atoms with van der Waals surface area (Å²) in [5, 5.41) is 6.48. The zero-order valence-corrected chi connectivity index (χ0v) is 5.62. The molecule has 58 valence electrons. The van der Waals surface area contributed by atoms with Gasteiger partial charge in [0.15, 0.2) is 0 Å². The standard InChI is InChI=1S/C4H12N6/c5-3(9-7)1-2-4(6)10-8/h1-2,7-8H2,(H2,5,9)(H2,6,10). The molecule has 0 rings (SSSR count). The van der Waals surface area contributed by atoms with Gasteiger partial charge in [0.25, 0.3) is 0 Å².